The minimum absolute atomic E-state index is 0.639. The van der Waals surface area contributed by atoms with E-state index in [0.29, 0.717) is 5.89 Å². The quantitative estimate of drug-likeness (QED) is 0.154. The van der Waals surface area contributed by atoms with Crippen LogP contribution in [0.4, 0.5) is 17.1 Å². The Labute approximate surface area is 349 Å². The van der Waals surface area contributed by atoms with Crippen LogP contribution in [0.5, 0.6) is 0 Å². The summed E-state index contributed by atoms with van der Waals surface area (Å²) >= 11 is 0. The molecule has 3 heteroatoms. The number of nitrogens with zero attached hydrogens (tertiary/aromatic N) is 2. The van der Waals surface area contributed by atoms with Crippen LogP contribution >= 0.6 is 0 Å². The van der Waals surface area contributed by atoms with Gasteiger partial charge in [-0.1, -0.05) is 170 Å². The molecule has 0 radical (unpaired) electrons. The highest BCUT2D eigenvalue weighted by Gasteiger charge is 2.19. The molecule has 0 aliphatic rings. The van der Waals surface area contributed by atoms with Gasteiger partial charge in [0.25, 0.3) is 0 Å². The number of hydrogen-bond acceptors (Lipinski definition) is 3. The molecule has 0 atom stereocenters. The van der Waals surface area contributed by atoms with Crippen LogP contribution in [0.3, 0.4) is 0 Å². The first-order valence-corrected chi connectivity index (χ1v) is 20.4. The molecule has 1 heterocycles. The van der Waals surface area contributed by atoms with Crippen molar-refractivity contribution in [2.45, 2.75) is 0 Å². The van der Waals surface area contributed by atoms with Crippen molar-refractivity contribution in [2.75, 3.05) is 4.90 Å². The van der Waals surface area contributed by atoms with Crippen molar-refractivity contribution in [3.8, 4) is 56.0 Å². The van der Waals surface area contributed by atoms with Crippen LogP contribution in [0.2, 0.25) is 0 Å². The van der Waals surface area contributed by atoms with Crippen molar-refractivity contribution in [3.05, 3.63) is 231 Å². The maximum atomic E-state index is 6.17. The van der Waals surface area contributed by atoms with Gasteiger partial charge in [-0.25, -0.2) is 4.98 Å². The molecule has 282 valence electrons. The van der Waals surface area contributed by atoms with Crippen molar-refractivity contribution < 1.29 is 4.42 Å². The van der Waals surface area contributed by atoms with Crippen molar-refractivity contribution in [1.29, 1.82) is 0 Å². The highest BCUT2D eigenvalue weighted by atomic mass is 16.3. The molecule has 60 heavy (non-hydrogen) atoms. The molecule has 11 aromatic rings. The zero-order valence-electron chi connectivity index (χ0n) is 32.7. The van der Waals surface area contributed by atoms with Gasteiger partial charge in [-0.2, -0.15) is 0 Å². The first-order chi connectivity index (χ1) is 29.7. The van der Waals surface area contributed by atoms with Gasteiger partial charge in [0, 0.05) is 27.9 Å². The molecule has 0 fully saturated rings. The summed E-state index contributed by atoms with van der Waals surface area (Å²) in [5.41, 5.74) is 15.4. The molecule has 1 aromatic heterocycles. The van der Waals surface area contributed by atoms with Crippen LogP contribution in [0, 0.1) is 0 Å². The highest BCUT2D eigenvalue weighted by Crippen LogP contribution is 2.43. The topological polar surface area (TPSA) is 29.3 Å². The third-order valence-electron chi connectivity index (χ3n) is 11.5. The molecule has 0 aliphatic carbocycles. The van der Waals surface area contributed by atoms with Gasteiger partial charge in [-0.3, -0.25) is 0 Å². The molecule has 0 spiro atoms. The molecule has 0 aliphatic heterocycles. The van der Waals surface area contributed by atoms with E-state index in [0.717, 1.165) is 55.6 Å². The van der Waals surface area contributed by atoms with Crippen LogP contribution in [0.15, 0.2) is 235 Å². The van der Waals surface area contributed by atoms with E-state index >= 15 is 0 Å². The fourth-order valence-corrected chi connectivity index (χ4v) is 8.42. The average molecular weight is 767 g/mol. The Bertz CT molecular complexity index is 3300. The number of oxazole rings is 1. The standard InChI is InChI=1S/C57H38N2O/c1-4-13-39(14-5-1)40-23-25-41(26-24-40)44-19-12-20-50(37-44)59(54-22-11-10-21-52(54)42-15-6-2-7-16-42)51-32-29-46-35-45(27-28-48(46)38-51)47-30-33-53-49(36-47)31-34-55-56(53)58-57(60-55)43-17-8-3-9-18-43/h1-38H. The van der Waals surface area contributed by atoms with E-state index in [1.165, 1.54) is 44.2 Å². The molecule has 0 amide bonds. The summed E-state index contributed by atoms with van der Waals surface area (Å²) in [4.78, 5) is 7.30. The second-order valence-electron chi connectivity index (χ2n) is 15.2. The van der Waals surface area contributed by atoms with Crippen molar-refractivity contribution in [2.24, 2.45) is 0 Å². The summed E-state index contributed by atoms with van der Waals surface area (Å²) in [6.07, 6.45) is 0. The Morgan fingerprint density at radius 2 is 0.850 bits per heavy atom. The lowest BCUT2D eigenvalue weighted by atomic mass is 9.97. The molecule has 3 nitrogen and oxygen atoms in total. The van der Waals surface area contributed by atoms with E-state index in [9.17, 15) is 0 Å². The van der Waals surface area contributed by atoms with Crippen LogP contribution in [-0.2, 0) is 0 Å². The van der Waals surface area contributed by atoms with E-state index < -0.39 is 0 Å². The van der Waals surface area contributed by atoms with E-state index in [1.807, 2.05) is 36.4 Å². The van der Waals surface area contributed by atoms with E-state index in [1.54, 1.807) is 0 Å². The van der Waals surface area contributed by atoms with Gasteiger partial charge in [0.1, 0.15) is 5.52 Å². The Hall–Kier alpha value is -8.01. The van der Waals surface area contributed by atoms with Gasteiger partial charge in [0.15, 0.2) is 5.58 Å². The van der Waals surface area contributed by atoms with E-state index in [-0.39, 0.29) is 0 Å². The summed E-state index contributed by atoms with van der Waals surface area (Å²) < 4.78 is 6.17. The minimum atomic E-state index is 0.639. The maximum Gasteiger partial charge on any atom is 0.227 e. The van der Waals surface area contributed by atoms with E-state index in [2.05, 4.69) is 199 Å². The third-order valence-corrected chi connectivity index (χ3v) is 11.5. The number of benzene rings is 10. The molecular formula is C57H38N2O. The molecule has 0 bridgehead atoms. The van der Waals surface area contributed by atoms with Gasteiger partial charge < -0.3 is 9.32 Å². The van der Waals surface area contributed by atoms with E-state index in [4.69, 9.17) is 9.40 Å². The summed E-state index contributed by atoms with van der Waals surface area (Å²) in [5.74, 6) is 0.639. The van der Waals surface area contributed by atoms with Gasteiger partial charge in [-0.05, 0) is 116 Å². The number of fused-ring (bicyclic) bond motifs is 4. The first kappa shape index (κ1) is 35.2. The molecular weight excluding hydrogens is 729 g/mol. The van der Waals surface area contributed by atoms with Crippen LogP contribution < -0.4 is 4.90 Å². The minimum Gasteiger partial charge on any atom is -0.436 e. The number of para-hydroxylation sites is 1. The fraction of sp³-hybridized carbons (Fsp3) is 0. The van der Waals surface area contributed by atoms with Crippen molar-refractivity contribution >= 4 is 49.7 Å². The maximum absolute atomic E-state index is 6.17. The van der Waals surface area contributed by atoms with Crippen molar-refractivity contribution in [1.82, 2.24) is 4.98 Å². The average Bonchev–Trinajstić information content (AvgIpc) is 3.78. The second-order valence-corrected chi connectivity index (χ2v) is 15.2. The monoisotopic (exact) mass is 766 g/mol. The zero-order valence-corrected chi connectivity index (χ0v) is 32.7. The smallest absolute Gasteiger partial charge is 0.227 e. The largest absolute Gasteiger partial charge is 0.436 e. The lowest BCUT2D eigenvalue weighted by Gasteiger charge is -2.28. The first-order valence-electron chi connectivity index (χ1n) is 20.4. The van der Waals surface area contributed by atoms with Crippen LogP contribution in [0.25, 0.3) is 88.6 Å². The Morgan fingerprint density at radius 1 is 0.333 bits per heavy atom. The molecule has 10 aromatic carbocycles. The lowest BCUT2D eigenvalue weighted by molar-refractivity contribution is 0.620. The molecule has 0 saturated heterocycles. The summed E-state index contributed by atoms with van der Waals surface area (Å²) in [7, 11) is 0. The normalized spacial score (nSPS) is 11.3. The summed E-state index contributed by atoms with van der Waals surface area (Å²) in [5, 5.41) is 4.56. The number of hydrogen-bond donors (Lipinski definition) is 0. The molecule has 0 N–H and O–H groups in total. The number of aromatic nitrogens is 1. The van der Waals surface area contributed by atoms with Gasteiger partial charge in [0.2, 0.25) is 5.89 Å². The number of rotatable bonds is 8. The zero-order chi connectivity index (χ0) is 39.8. The predicted octanol–water partition coefficient (Wildman–Crippen LogP) is 15.9. The van der Waals surface area contributed by atoms with Crippen LogP contribution in [0.1, 0.15) is 0 Å². The predicted molar refractivity (Wildman–Crippen MR) is 251 cm³/mol. The lowest BCUT2D eigenvalue weighted by Crippen LogP contribution is -2.11. The van der Waals surface area contributed by atoms with Gasteiger partial charge in [0.05, 0.1) is 5.69 Å². The van der Waals surface area contributed by atoms with Crippen molar-refractivity contribution in [3.63, 3.8) is 0 Å². The highest BCUT2D eigenvalue weighted by molar-refractivity contribution is 6.05. The number of anilines is 3. The third kappa shape index (κ3) is 6.58. The van der Waals surface area contributed by atoms with Crippen LogP contribution in [-0.4, -0.2) is 4.98 Å². The molecule has 11 rings (SSSR count). The SMILES string of the molecule is c1ccc(-c2ccc(-c3cccc(N(c4ccc5cc(-c6ccc7c(ccc8oc(-c9ccccc9)nc87)c6)ccc5c4)c4ccccc4-c4ccccc4)c3)cc2)cc1. The molecule has 0 saturated carbocycles. The Kier molecular flexibility index (Phi) is 8.83. The second kappa shape index (κ2) is 15.1. The Balaban J connectivity index is 0.971. The Morgan fingerprint density at radius 3 is 1.62 bits per heavy atom. The van der Waals surface area contributed by atoms with Gasteiger partial charge in [-0.15, -0.1) is 0 Å². The summed E-state index contributed by atoms with van der Waals surface area (Å²) in [6, 6.07) is 82.1. The fourth-order valence-electron chi connectivity index (χ4n) is 8.42. The molecule has 0 unspecified atom stereocenters. The van der Waals surface area contributed by atoms with Gasteiger partial charge >= 0.3 is 0 Å². The summed E-state index contributed by atoms with van der Waals surface area (Å²) in [6.45, 7) is 0.